The van der Waals surface area contributed by atoms with E-state index in [1.54, 1.807) is 6.92 Å². The minimum absolute atomic E-state index is 0.113. The Morgan fingerprint density at radius 2 is 1.43 bits per heavy atom. The summed E-state index contributed by atoms with van der Waals surface area (Å²) in [4.78, 5) is 28.5. The van der Waals surface area contributed by atoms with Gasteiger partial charge < -0.3 is 10.2 Å². The Morgan fingerprint density at radius 3 is 1.95 bits per heavy atom. The van der Waals surface area contributed by atoms with E-state index in [1.807, 2.05) is 60.7 Å². The van der Waals surface area contributed by atoms with Crippen LogP contribution >= 0.6 is 23.2 Å². The molecule has 0 aliphatic carbocycles. The van der Waals surface area contributed by atoms with Crippen LogP contribution in [0.25, 0.3) is 0 Å². The predicted molar refractivity (Wildman–Crippen MR) is 148 cm³/mol. The zero-order valence-electron chi connectivity index (χ0n) is 20.6. The number of hydrogen-bond acceptors (Lipinski definition) is 4. The Hall–Kier alpha value is -3.07. The molecule has 10 heteroatoms. The highest BCUT2D eigenvalue weighted by atomic mass is 35.5. The van der Waals surface area contributed by atoms with E-state index in [1.165, 1.54) is 23.1 Å². The topological polar surface area (TPSA) is 86.8 Å². The van der Waals surface area contributed by atoms with Crippen molar-refractivity contribution in [3.63, 3.8) is 0 Å². The van der Waals surface area contributed by atoms with Gasteiger partial charge in [0.2, 0.25) is 21.8 Å². The summed E-state index contributed by atoms with van der Waals surface area (Å²) in [6.45, 7) is 1.76. The number of carbonyl (C=O) groups is 2. The third kappa shape index (κ3) is 8.21. The Bertz CT molecular complexity index is 1300. The van der Waals surface area contributed by atoms with Crippen LogP contribution in [0.5, 0.6) is 0 Å². The summed E-state index contributed by atoms with van der Waals surface area (Å²) in [5.41, 5.74) is 1.83. The van der Waals surface area contributed by atoms with Gasteiger partial charge in [-0.05, 0) is 36.2 Å². The fourth-order valence-corrected chi connectivity index (χ4v) is 5.27. The third-order valence-electron chi connectivity index (χ3n) is 5.63. The maximum Gasteiger partial charge on any atom is 0.244 e. The molecule has 0 aliphatic heterocycles. The molecule has 3 aromatic carbocycles. The molecule has 3 rings (SSSR count). The number of nitrogens with one attached hydrogen (secondary N) is 1. The SMILES string of the molecule is CCNC(=O)[C@H](Cc1ccccc1)N(Cc1ccccc1)C(=O)CN(c1cc(Cl)cc(Cl)c1)S(C)(=O)=O. The van der Waals surface area contributed by atoms with E-state index in [-0.39, 0.29) is 34.6 Å². The summed E-state index contributed by atoms with van der Waals surface area (Å²) in [6.07, 6.45) is 1.26. The zero-order chi connectivity index (χ0) is 27.0. The first-order chi connectivity index (χ1) is 17.6. The van der Waals surface area contributed by atoms with Crippen LogP contribution in [0, 0.1) is 0 Å². The van der Waals surface area contributed by atoms with Crippen LogP contribution in [0.15, 0.2) is 78.9 Å². The van der Waals surface area contributed by atoms with Gasteiger partial charge in [0.05, 0.1) is 11.9 Å². The van der Waals surface area contributed by atoms with Crippen molar-refractivity contribution in [3.8, 4) is 0 Å². The molecule has 0 aromatic heterocycles. The quantitative estimate of drug-likeness (QED) is 0.372. The summed E-state index contributed by atoms with van der Waals surface area (Å²) in [5, 5.41) is 3.28. The molecule has 0 aliphatic rings. The van der Waals surface area contributed by atoms with Crippen molar-refractivity contribution in [1.82, 2.24) is 10.2 Å². The monoisotopic (exact) mass is 561 g/mol. The number of sulfonamides is 1. The molecular weight excluding hydrogens is 533 g/mol. The van der Waals surface area contributed by atoms with Crippen molar-refractivity contribution in [2.75, 3.05) is 23.7 Å². The van der Waals surface area contributed by atoms with Crippen molar-refractivity contribution < 1.29 is 18.0 Å². The molecule has 0 saturated heterocycles. The minimum atomic E-state index is -3.90. The van der Waals surface area contributed by atoms with Gasteiger partial charge in [-0.3, -0.25) is 13.9 Å². The van der Waals surface area contributed by atoms with Crippen LogP contribution in [0.1, 0.15) is 18.1 Å². The lowest BCUT2D eigenvalue weighted by molar-refractivity contribution is -0.140. The molecular formula is C27H29Cl2N3O4S. The lowest BCUT2D eigenvalue weighted by atomic mass is 10.0. The maximum atomic E-state index is 13.9. The molecule has 0 radical (unpaired) electrons. The van der Waals surface area contributed by atoms with Crippen LogP contribution in [-0.2, 0) is 32.6 Å². The molecule has 0 unspecified atom stereocenters. The number of likely N-dealkylation sites (N-methyl/N-ethyl adjacent to an activating group) is 1. The van der Waals surface area contributed by atoms with Gasteiger partial charge in [0.25, 0.3) is 0 Å². The number of halogens is 2. The second kappa shape index (κ2) is 12.9. The largest absolute Gasteiger partial charge is 0.355 e. The van der Waals surface area contributed by atoms with Gasteiger partial charge in [-0.15, -0.1) is 0 Å². The van der Waals surface area contributed by atoms with E-state index in [4.69, 9.17) is 23.2 Å². The third-order valence-corrected chi connectivity index (χ3v) is 7.21. The van der Waals surface area contributed by atoms with Crippen molar-refractivity contribution in [2.24, 2.45) is 0 Å². The first kappa shape index (κ1) is 28.5. The van der Waals surface area contributed by atoms with Gasteiger partial charge in [-0.1, -0.05) is 83.9 Å². The lowest BCUT2D eigenvalue weighted by Crippen LogP contribution is -2.53. The molecule has 2 amide bonds. The molecule has 196 valence electrons. The first-order valence-corrected chi connectivity index (χ1v) is 14.3. The van der Waals surface area contributed by atoms with Gasteiger partial charge >= 0.3 is 0 Å². The number of anilines is 1. The van der Waals surface area contributed by atoms with Crippen LogP contribution < -0.4 is 9.62 Å². The summed E-state index contributed by atoms with van der Waals surface area (Å²) < 4.78 is 26.5. The van der Waals surface area contributed by atoms with Gasteiger partial charge in [-0.2, -0.15) is 0 Å². The van der Waals surface area contributed by atoms with E-state index >= 15 is 0 Å². The Labute approximate surface area is 228 Å². The number of amides is 2. The number of benzene rings is 3. The van der Waals surface area contributed by atoms with E-state index in [0.29, 0.717) is 6.54 Å². The number of carbonyl (C=O) groups excluding carboxylic acids is 2. The highest BCUT2D eigenvalue weighted by Gasteiger charge is 2.33. The molecule has 1 atom stereocenters. The fourth-order valence-electron chi connectivity index (χ4n) is 3.92. The highest BCUT2D eigenvalue weighted by Crippen LogP contribution is 2.27. The average molecular weight is 563 g/mol. The van der Waals surface area contributed by atoms with Crippen molar-refractivity contribution in [3.05, 3.63) is 100 Å². The van der Waals surface area contributed by atoms with Crippen LogP contribution in [-0.4, -0.2) is 50.5 Å². The molecule has 0 fully saturated rings. The normalized spacial score (nSPS) is 12.0. The van der Waals surface area contributed by atoms with Gasteiger partial charge in [0.15, 0.2) is 0 Å². The Morgan fingerprint density at radius 1 is 0.892 bits per heavy atom. The standard InChI is InChI=1S/C27H29Cl2N3O4S/c1-3-30-27(34)25(14-20-10-6-4-7-11-20)31(18-21-12-8-5-9-13-21)26(33)19-32(37(2,35)36)24-16-22(28)15-23(29)17-24/h4-13,15-17,25H,3,14,18-19H2,1-2H3,(H,30,34)/t25-/m0/s1. The minimum Gasteiger partial charge on any atom is -0.355 e. The number of rotatable bonds is 11. The predicted octanol–water partition coefficient (Wildman–Crippen LogP) is 4.54. The summed E-state index contributed by atoms with van der Waals surface area (Å²) in [6, 6.07) is 22.0. The van der Waals surface area contributed by atoms with Gasteiger partial charge in [0.1, 0.15) is 12.6 Å². The summed E-state index contributed by atoms with van der Waals surface area (Å²) >= 11 is 12.2. The fraction of sp³-hybridized carbons (Fsp3) is 0.259. The van der Waals surface area contributed by atoms with Crippen LogP contribution in [0.2, 0.25) is 10.0 Å². The van der Waals surface area contributed by atoms with E-state index < -0.39 is 28.5 Å². The maximum absolute atomic E-state index is 13.9. The molecule has 0 bridgehead atoms. The first-order valence-electron chi connectivity index (χ1n) is 11.7. The smallest absolute Gasteiger partial charge is 0.244 e. The van der Waals surface area contributed by atoms with Crippen molar-refractivity contribution in [1.29, 1.82) is 0 Å². The molecule has 0 spiro atoms. The Kier molecular flexibility index (Phi) is 9.97. The molecule has 0 heterocycles. The molecule has 0 saturated carbocycles. The molecule has 37 heavy (non-hydrogen) atoms. The van der Waals surface area contributed by atoms with Gasteiger partial charge in [-0.25, -0.2) is 8.42 Å². The number of nitrogens with zero attached hydrogens (tertiary/aromatic N) is 2. The molecule has 1 N–H and O–H groups in total. The highest BCUT2D eigenvalue weighted by molar-refractivity contribution is 7.92. The van der Waals surface area contributed by atoms with Crippen molar-refractivity contribution >= 4 is 50.7 Å². The van der Waals surface area contributed by atoms with E-state index in [0.717, 1.165) is 21.7 Å². The van der Waals surface area contributed by atoms with Gasteiger partial charge in [0, 0.05) is 29.6 Å². The van der Waals surface area contributed by atoms with E-state index in [9.17, 15) is 18.0 Å². The van der Waals surface area contributed by atoms with Crippen LogP contribution in [0.4, 0.5) is 5.69 Å². The zero-order valence-corrected chi connectivity index (χ0v) is 22.9. The summed E-state index contributed by atoms with van der Waals surface area (Å²) in [7, 11) is -3.90. The van der Waals surface area contributed by atoms with Crippen LogP contribution in [0.3, 0.4) is 0 Å². The van der Waals surface area contributed by atoms with Crippen molar-refractivity contribution in [2.45, 2.75) is 25.9 Å². The van der Waals surface area contributed by atoms with E-state index in [2.05, 4.69) is 5.32 Å². The second-order valence-corrected chi connectivity index (χ2v) is 11.3. The second-order valence-electron chi connectivity index (χ2n) is 8.50. The molecule has 3 aromatic rings. The summed E-state index contributed by atoms with van der Waals surface area (Å²) in [5.74, 6) is -0.870. The molecule has 7 nitrogen and oxygen atoms in total. The number of hydrogen-bond donors (Lipinski definition) is 1. The average Bonchev–Trinajstić information content (AvgIpc) is 2.84. The lowest BCUT2D eigenvalue weighted by Gasteiger charge is -2.33. The Balaban J connectivity index is 2.03.